The topological polar surface area (TPSA) is 93.3 Å². The van der Waals surface area contributed by atoms with Gasteiger partial charge < -0.3 is 15.5 Å². The summed E-state index contributed by atoms with van der Waals surface area (Å²) in [6, 6.07) is 9.68. The summed E-state index contributed by atoms with van der Waals surface area (Å²) < 4.78 is 33.8. The van der Waals surface area contributed by atoms with E-state index < -0.39 is 17.5 Å². The smallest absolute Gasteiger partial charge is 0.325 e. The lowest BCUT2D eigenvalue weighted by atomic mass is 9.94. The van der Waals surface area contributed by atoms with E-state index in [9.17, 15) is 18.4 Å². The number of halogens is 2. The maximum absolute atomic E-state index is 13.5. The predicted molar refractivity (Wildman–Crippen MR) is 118 cm³/mol. The summed E-state index contributed by atoms with van der Waals surface area (Å²) in [5.41, 5.74) is 6.14. The minimum atomic E-state index is -2.60. The monoisotopic (exact) mass is 444 g/mol. The number of nitrogens with one attached hydrogen (secondary N) is 1. The van der Waals surface area contributed by atoms with Gasteiger partial charge in [-0.05, 0) is 36.4 Å². The van der Waals surface area contributed by atoms with Crippen molar-refractivity contribution in [3.63, 3.8) is 0 Å². The number of ether oxygens (including phenoxy) is 1. The van der Waals surface area contributed by atoms with Crippen LogP contribution in [-0.4, -0.2) is 52.6 Å². The minimum Gasteiger partial charge on any atom is -0.493 e. The number of carbonyl (C=O) groups excluding carboxylic acids is 1. The summed E-state index contributed by atoms with van der Waals surface area (Å²) >= 11 is 0. The third-order valence-corrected chi connectivity index (χ3v) is 5.60. The second kappa shape index (κ2) is 8.05. The van der Waals surface area contributed by atoms with Gasteiger partial charge in [0.15, 0.2) is 0 Å². The van der Waals surface area contributed by atoms with Gasteiger partial charge in [0.25, 0.3) is 11.5 Å². The fourth-order valence-corrected chi connectivity index (χ4v) is 4.09. The Hall–Kier alpha value is -3.20. The van der Waals surface area contributed by atoms with Crippen LogP contribution in [0, 0.1) is 5.41 Å². The molecule has 0 aliphatic carbocycles. The Balaban J connectivity index is 1.48. The third kappa shape index (κ3) is 4.67. The molecule has 1 aromatic carbocycles. The Morgan fingerprint density at radius 2 is 2.06 bits per heavy atom. The number of carbonyl (C=O) groups is 1. The molecule has 1 fully saturated rings. The van der Waals surface area contributed by atoms with Gasteiger partial charge in [-0.3, -0.25) is 9.69 Å². The maximum atomic E-state index is 13.5. The molecule has 7 nitrogen and oxygen atoms in total. The average molecular weight is 444 g/mol. The van der Waals surface area contributed by atoms with Crippen molar-refractivity contribution in [3.8, 4) is 17.0 Å². The number of hydrogen-bond donors (Lipinski definition) is 2. The molecule has 170 valence electrons. The zero-order valence-electron chi connectivity index (χ0n) is 18.0. The molecule has 1 aliphatic heterocycles. The van der Waals surface area contributed by atoms with E-state index >= 15 is 0 Å². The van der Waals surface area contributed by atoms with Gasteiger partial charge in [0, 0.05) is 42.0 Å². The van der Waals surface area contributed by atoms with Crippen molar-refractivity contribution in [1.29, 1.82) is 0 Å². The van der Waals surface area contributed by atoms with Gasteiger partial charge >= 0.3 is 6.03 Å². The number of rotatable bonds is 6. The zero-order chi connectivity index (χ0) is 23.1. The molecule has 0 radical (unpaired) electrons. The van der Waals surface area contributed by atoms with Crippen LogP contribution in [0.4, 0.5) is 13.6 Å². The molecule has 4 rings (SSSR count). The van der Waals surface area contributed by atoms with E-state index in [0.29, 0.717) is 36.7 Å². The lowest BCUT2D eigenvalue weighted by Crippen LogP contribution is -2.37. The minimum absolute atomic E-state index is 0.0949. The number of amides is 1. The molecular formula is C23H26F2N4O3. The highest BCUT2D eigenvalue weighted by Crippen LogP contribution is 2.31. The van der Waals surface area contributed by atoms with Crippen molar-refractivity contribution in [2.75, 3.05) is 26.2 Å². The van der Waals surface area contributed by atoms with Crippen LogP contribution in [0.2, 0.25) is 0 Å². The highest BCUT2D eigenvalue weighted by Gasteiger charge is 2.39. The molecule has 3 heterocycles. The summed E-state index contributed by atoms with van der Waals surface area (Å²) in [5.74, 6) is -1.96. The summed E-state index contributed by atoms with van der Waals surface area (Å²) in [6.07, 6.45) is 1.23. The highest BCUT2D eigenvalue weighted by atomic mass is 19.3. The second-order valence-electron chi connectivity index (χ2n) is 9.14. The molecule has 1 saturated heterocycles. The molecule has 9 heteroatoms. The maximum Gasteiger partial charge on any atom is 0.325 e. The largest absolute Gasteiger partial charge is 0.493 e. The number of benzene rings is 1. The molecule has 0 unspecified atom stereocenters. The summed E-state index contributed by atoms with van der Waals surface area (Å²) in [6.45, 7) is 5.08. The van der Waals surface area contributed by atoms with E-state index in [1.54, 1.807) is 17.0 Å². The van der Waals surface area contributed by atoms with Crippen LogP contribution in [-0.2, 0) is 0 Å². The van der Waals surface area contributed by atoms with Gasteiger partial charge in [-0.1, -0.05) is 13.8 Å². The van der Waals surface area contributed by atoms with Crippen LogP contribution < -0.4 is 16.0 Å². The first-order valence-corrected chi connectivity index (χ1v) is 10.4. The number of likely N-dealkylation sites (tertiary alicyclic amines) is 1. The van der Waals surface area contributed by atoms with Crippen LogP contribution >= 0.6 is 0 Å². The standard InChI is InChI=1S/C23H26F2N4O3/c1-22(2,12-28-9-7-23(24,25)13-28)14-32-16-5-6-18-15(10-16)11-19(27-18)17-4-3-8-29(20(17)30)21(26)31/h3-6,8,10-11,27H,7,9,12-14H2,1-2H3,(H2,26,31). The fourth-order valence-electron chi connectivity index (χ4n) is 4.09. The molecule has 1 amide bonds. The van der Waals surface area contributed by atoms with Crippen LogP contribution in [0.15, 0.2) is 47.4 Å². The van der Waals surface area contributed by atoms with Gasteiger partial charge in [0.2, 0.25) is 0 Å². The summed E-state index contributed by atoms with van der Waals surface area (Å²) in [4.78, 5) is 28.9. The summed E-state index contributed by atoms with van der Waals surface area (Å²) in [7, 11) is 0. The van der Waals surface area contributed by atoms with Crippen LogP contribution in [0.5, 0.6) is 5.75 Å². The lowest BCUT2D eigenvalue weighted by Gasteiger charge is -2.30. The Bertz CT molecular complexity index is 1220. The summed E-state index contributed by atoms with van der Waals surface area (Å²) in [5, 5.41) is 0.836. The Labute approximate surface area is 183 Å². The Morgan fingerprint density at radius 1 is 1.28 bits per heavy atom. The van der Waals surface area contributed by atoms with Gasteiger partial charge in [-0.2, -0.15) is 0 Å². The first kappa shape index (κ1) is 22.0. The first-order chi connectivity index (χ1) is 15.0. The lowest BCUT2D eigenvalue weighted by molar-refractivity contribution is 0.00700. The van der Waals surface area contributed by atoms with E-state index in [2.05, 4.69) is 4.98 Å². The quantitative estimate of drug-likeness (QED) is 0.607. The molecule has 0 spiro atoms. The van der Waals surface area contributed by atoms with Crippen LogP contribution in [0.1, 0.15) is 20.3 Å². The predicted octanol–water partition coefficient (Wildman–Crippen LogP) is 3.67. The number of fused-ring (bicyclic) bond motifs is 1. The average Bonchev–Trinajstić information content (AvgIpc) is 3.28. The molecule has 1 aliphatic rings. The molecule has 0 atom stereocenters. The van der Waals surface area contributed by atoms with Crippen LogP contribution in [0.25, 0.3) is 22.2 Å². The number of alkyl halides is 2. The van der Waals surface area contributed by atoms with Crippen molar-refractivity contribution in [2.45, 2.75) is 26.2 Å². The first-order valence-electron chi connectivity index (χ1n) is 10.4. The van der Waals surface area contributed by atoms with Crippen molar-refractivity contribution >= 4 is 16.9 Å². The number of nitrogens with zero attached hydrogens (tertiary/aromatic N) is 2. The Morgan fingerprint density at radius 3 is 2.75 bits per heavy atom. The molecule has 0 bridgehead atoms. The Kier molecular flexibility index (Phi) is 5.54. The van der Waals surface area contributed by atoms with Crippen molar-refractivity contribution < 1.29 is 18.3 Å². The third-order valence-electron chi connectivity index (χ3n) is 5.60. The molecule has 3 N–H and O–H groups in total. The molecule has 3 aromatic rings. The normalized spacial score (nSPS) is 16.5. The molecule has 0 saturated carbocycles. The van der Waals surface area contributed by atoms with E-state index in [1.807, 2.05) is 38.1 Å². The SMILES string of the molecule is CC(C)(COc1ccc2[nH]c(-c3cccn(C(N)=O)c3=O)cc2c1)CN1CCC(F)(F)C1. The number of aromatic nitrogens is 2. The van der Waals surface area contributed by atoms with E-state index in [1.165, 1.54) is 6.20 Å². The number of hydrogen-bond acceptors (Lipinski definition) is 4. The van der Waals surface area contributed by atoms with Gasteiger partial charge in [0.05, 0.1) is 24.4 Å². The van der Waals surface area contributed by atoms with Crippen molar-refractivity contribution in [2.24, 2.45) is 11.1 Å². The van der Waals surface area contributed by atoms with Crippen molar-refractivity contribution in [3.05, 3.63) is 52.9 Å². The number of primary amides is 1. The van der Waals surface area contributed by atoms with Gasteiger partial charge in [-0.15, -0.1) is 0 Å². The zero-order valence-corrected chi connectivity index (χ0v) is 18.0. The number of aromatic amines is 1. The van der Waals surface area contributed by atoms with Gasteiger partial charge in [0.1, 0.15) is 5.75 Å². The van der Waals surface area contributed by atoms with E-state index in [0.717, 1.165) is 15.5 Å². The number of nitrogens with two attached hydrogens (primary N) is 1. The molecule has 2 aromatic heterocycles. The second-order valence-corrected chi connectivity index (χ2v) is 9.14. The highest BCUT2D eigenvalue weighted by molar-refractivity contribution is 5.87. The number of H-pyrrole nitrogens is 1. The van der Waals surface area contributed by atoms with Crippen LogP contribution in [0.3, 0.4) is 0 Å². The van der Waals surface area contributed by atoms with Gasteiger partial charge in [-0.25, -0.2) is 18.1 Å². The van der Waals surface area contributed by atoms with E-state index in [4.69, 9.17) is 10.5 Å². The van der Waals surface area contributed by atoms with Crippen molar-refractivity contribution in [1.82, 2.24) is 14.5 Å². The molecular weight excluding hydrogens is 418 g/mol. The number of pyridine rings is 1. The van der Waals surface area contributed by atoms with E-state index in [-0.39, 0.29) is 18.4 Å². The molecule has 32 heavy (non-hydrogen) atoms. The fraction of sp³-hybridized carbons (Fsp3) is 0.391.